The number of nitriles is 2. The molecular formula is C21H18IN3O2. The Hall–Kier alpha value is -2.84. The van der Waals surface area contributed by atoms with Gasteiger partial charge in [0.05, 0.1) is 15.2 Å². The Morgan fingerprint density at radius 1 is 1.26 bits per heavy atom. The molecular weight excluding hydrogens is 453 g/mol. The average molecular weight is 471 g/mol. The van der Waals surface area contributed by atoms with Gasteiger partial charge in [-0.3, -0.25) is 4.79 Å². The fraction of sp³-hybridized carbons (Fsp3) is 0.190. The predicted molar refractivity (Wildman–Crippen MR) is 112 cm³/mol. The lowest BCUT2D eigenvalue weighted by molar-refractivity contribution is -0.117. The Balaban J connectivity index is 2.15. The molecule has 0 bridgehead atoms. The van der Waals surface area contributed by atoms with Gasteiger partial charge in [-0.1, -0.05) is 24.3 Å². The number of halogens is 1. The number of rotatable bonds is 6. The van der Waals surface area contributed by atoms with Crippen LogP contribution in [0.25, 0.3) is 6.08 Å². The van der Waals surface area contributed by atoms with Crippen LogP contribution in [0.2, 0.25) is 0 Å². The summed E-state index contributed by atoms with van der Waals surface area (Å²) in [4.78, 5) is 12.0. The fourth-order valence-corrected chi connectivity index (χ4v) is 2.98. The number of carbonyl (C=O) groups excluding carboxylic acids is 1. The predicted octanol–water partition coefficient (Wildman–Crippen LogP) is 4.17. The summed E-state index contributed by atoms with van der Waals surface area (Å²) >= 11 is 2.14. The second-order valence-electron chi connectivity index (χ2n) is 6.05. The van der Waals surface area contributed by atoms with Gasteiger partial charge < -0.3 is 10.1 Å². The number of hydrogen-bond acceptors (Lipinski definition) is 4. The van der Waals surface area contributed by atoms with Crippen molar-refractivity contribution in [3.8, 4) is 17.9 Å². The number of hydrogen-bond donors (Lipinski definition) is 1. The van der Waals surface area contributed by atoms with Crippen molar-refractivity contribution in [3.05, 3.63) is 68.3 Å². The third-order valence-electron chi connectivity index (χ3n) is 3.57. The molecule has 2 aromatic carbocycles. The van der Waals surface area contributed by atoms with Gasteiger partial charge in [0.15, 0.2) is 0 Å². The van der Waals surface area contributed by atoms with Gasteiger partial charge in [0, 0.05) is 11.6 Å². The normalized spacial score (nSPS) is 10.8. The Morgan fingerprint density at radius 3 is 2.63 bits per heavy atom. The second kappa shape index (κ2) is 9.75. The van der Waals surface area contributed by atoms with Gasteiger partial charge in [-0.25, -0.2) is 0 Å². The molecule has 0 atom stereocenters. The van der Waals surface area contributed by atoms with Crippen LogP contribution in [0.1, 0.15) is 30.5 Å². The summed E-state index contributed by atoms with van der Waals surface area (Å²) in [5.74, 6) is 0.279. The molecule has 0 radical (unpaired) electrons. The van der Waals surface area contributed by atoms with E-state index in [1.54, 1.807) is 24.3 Å². The minimum atomic E-state index is -0.393. The molecule has 2 aromatic rings. The molecule has 2 rings (SSSR count). The Labute approximate surface area is 172 Å². The quantitative estimate of drug-likeness (QED) is 0.389. The van der Waals surface area contributed by atoms with Gasteiger partial charge in [0.2, 0.25) is 0 Å². The highest BCUT2D eigenvalue weighted by atomic mass is 127. The number of carbonyl (C=O) groups is 1. The molecule has 1 amide bonds. The maximum absolute atomic E-state index is 12.0. The van der Waals surface area contributed by atoms with Gasteiger partial charge >= 0.3 is 0 Å². The van der Waals surface area contributed by atoms with Crippen LogP contribution in [-0.2, 0) is 11.4 Å². The smallest absolute Gasteiger partial charge is 0.262 e. The van der Waals surface area contributed by atoms with Crippen molar-refractivity contribution in [2.45, 2.75) is 26.5 Å². The molecule has 1 N–H and O–H groups in total. The molecule has 0 aliphatic rings. The van der Waals surface area contributed by atoms with E-state index in [1.165, 1.54) is 0 Å². The summed E-state index contributed by atoms with van der Waals surface area (Å²) in [6.45, 7) is 3.97. The van der Waals surface area contributed by atoms with E-state index in [4.69, 9.17) is 10.00 Å². The molecule has 5 nitrogen and oxygen atoms in total. The van der Waals surface area contributed by atoms with E-state index in [0.717, 1.165) is 14.7 Å². The zero-order valence-electron chi connectivity index (χ0n) is 15.0. The van der Waals surface area contributed by atoms with E-state index in [-0.39, 0.29) is 18.2 Å². The van der Waals surface area contributed by atoms with Crippen LogP contribution in [0.5, 0.6) is 5.75 Å². The molecule has 0 saturated carbocycles. The van der Waals surface area contributed by atoms with Crippen molar-refractivity contribution in [1.29, 1.82) is 10.5 Å². The molecule has 6 heteroatoms. The van der Waals surface area contributed by atoms with E-state index in [2.05, 4.69) is 34.0 Å². The standard InChI is InChI=1S/C21H18IN3O2/c1-14(2)25-21(26)18(12-24)9-15-7-8-20(19(22)10-15)27-13-17-6-4-3-5-16(17)11-23/h3-10,14H,13H2,1-2H3,(H,25,26)/b18-9-. The third-order valence-corrected chi connectivity index (χ3v) is 4.42. The van der Waals surface area contributed by atoms with Crippen LogP contribution in [0, 0.1) is 26.2 Å². The summed E-state index contributed by atoms with van der Waals surface area (Å²) in [7, 11) is 0. The van der Waals surface area contributed by atoms with E-state index in [0.29, 0.717) is 11.3 Å². The van der Waals surface area contributed by atoms with Gasteiger partial charge in [-0.05, 0) is 66.3 Å². The van der Waals surface area contributed by atoms with Gasteiger partial charge in [-0.2, -0.15) is 10.5 Å². The minimum Gasteiger partial charge on any atom is -0.488 e. The summed E-state index contributed by atoms with van der Waals surface area (Å²) in [6.07, 6.45) is 1.55. The van der Waals surface area contributed by atoms with Crippen molar-refractivity contribution in [3.63, 3.8) is 0 Å². The first-order valence-corrected chi connectivity index (χ1v) is 9.35. The first-order chi connectivity index (χ1) is 12.9. The highest BCUT2D eigenvalue weighted by Gasteiger charge is 2.11. The monoisotopic (exact) mass is 471 g/mol. The van der Waals surface area contributed by atoms with Crippen molar-refractivity contribution in [1.82, 2.24) is 5.32 Å². The molecule has 0 heterocycles. The Bertz CT molecular complexity index is 953. The highest BCUT2D eigenvalue weighted by molar-refractivity contribution is 14.1. The maximum atomic E-state index is 12.0. The Morgan fingerprint density at radius 2 is 2.00 bits per heavy atom. The molecule has 0 aliphatic heterocycles. The molecule has 27 heavy (non-hydrogen) atoms. The van der Waals surface area contributed by atoms with Crippen LogP contribution in [0.4, 0.5) is 0 Å². The van der Waals surface area contributed by atoms with E-state index in [9.17, 15) is 10.1 Å². The SMILES string of the molecule is CC(C)NC(=O)/C(C#N)=C\c1ccc(OCc2ccccc2C#N)c(I)c1. The lowest BCUT2D eigenvalue weighted by Crippen LogP contribution is -2.30. The van der Waals surface area contributed by atoms with E-state index in [1.807, 2.05) is 44.2 Å². The zero-order valence-corrected chi connectivity index (χ0v) is 17.1. The van der Waals surface area contributed by atoms with Gasteiger partial charge in [0.25, 0.3) is 5.91 Å². The zero-order chi connectivity index (χ0) is 19.8. The summed E-state index contributed by atoms with van der Waals surface area (Å²) in [5, 5.41) is 21.1. The molecule has 0 aromatic heterocycles. The van der Waals surface area contributed by atoms with Crippen molar-refractivity contribution < 1.29 is 9.53 Å². The highest BCUT2D eigenvalue weighted by Crippen LogP contribution is 2.24. The molecule has 0 aliphatic carbocycles. The molecule has 0 spiro atoms. The topological polar surface area (TPSA) is 85.9 Å². The first-order valence-electron chi connectivity index (χ1n) is 8.27. The number of ether oxygens (including phenoxy) is 1. The van der Waals surface area contributed by atoms with Gasteiger partial charge in [-0.15, -0.1) is 0 Å². The van der Waals surface area contributed by atoms with Crippen LogP contribution >= 0.6 is 22.6 Å². The van der Waals surface area contributed by atoms with Crippen LogP contribution in [0.3, 0.4) is 0 Å². The minimum absolute atomic E-state index is 0.0403. The summed E-state index contributed by atoms with van der Waals surface area (Å²) < 4.78 is 6.67. The van der Waals surface area contributed by atoms with Crippen molar-refractivity contribution in [2.75, 3.05) is 0 Å². The first kappa shape index (κ1) is 20.5. The number of benzene rings is 2. The number of nitrogens with one attached hydrogen (secondary N) is 1. The molecule has 136 valence electrons. The van der Waals surface area contributed by atoms with Gasteiger partial charge in [0.1, 0.15) is 24.0 Å². The fourth-order valence-electron chi connectivity index (χ4n) is 2.29. The lowest BCUT2D eigenvalue weighted by atomic mass is 10.1. The lowest BCUT2D eigenvalue weighted by Gasteiger charge is -2.10. The average Bonchev–Trinajstić information content (AvgIpc) is 2.65. The largest absolute Gasteiger partial charge is 0.488 e. The third kappa shape index (κ3) is 5.83. The van der Waals surface area contributed by atoms with E-state index < -0.39 is 5.91 Å². The molecule has 0 saturated heterocycles. The number of amides is 1. The van der Waals surface area contributed by atoms with Crippen molar-refractivity contribution >= 4 is 34.6 Å². The van der Waals surface area contributed by atoms with Crippen molar-refractivity contribution in [2.24, 2.45) is 0 Å². The molecule has 0 fully saturated rings. The Kier molecular flexibility index (Phi) is 7.39. The number of nitrogens with zero attached hydrogens (tertiary/aromatic N) is 2. The summed E-state index contributed by atoms with van der Waals surface area (Å²) in [5.41, 5.74) is 2.19. The maximum Gasteiger partial charge on any atom is 0.262 e. The van der Waals surface area contributed by atoms with E-state index >= 15 is 0 Å². The second-order valence-corrected chi connectivity index (χ2v) is 7.21. The van der Waals surface area contributed by atoms with Crippen LogP contribution in [0.15, 0.2) is 48.0 Å². The molecule has 0 unspecified atom stereocenters. The van der Waals surface area contributed by atoms with Crippen LogP contribution < -0.4 is 10.1 Å². The summed E-state index contributed by atoms with van der Waals surface area (Å²) in [6, 6.07) is 16.7. The van der Waals surface area contributed by atoms with Crippen LogP contribution in [-0.4, -0.2) is 11.9 Å².